The topological polar surface area (TPSA) is 61.4 Å². The number of amides is 2. The highest BCUT2D eigenvalue weighted by atomic mass is 16.3. The third-order valence-electron chi connectivity index (χ3n) is 3.83. The number of anilines is 1. The Kier molecular flexibility index (Phi) is 4.80. The maximum Gasteiger partial charge on any atom is 0.319 e. The summed E-state index contributed by atoms with van der Waals surface area (Å²) in [4.78, 5) is 11.9. The number of aliphatic hydroxyl groups is 1. The highest BCUT2D eigenvalue weighted by Gasteiger charge is 2.21. The normalized spacial score (nSPS) is 22.8. The largest absolute Gasteiger partial charge is 0.396 e. The summed E-state index contributed by atoms with van der Waals surface area (Å²) in [6.07, 6.45) is 3.89. The number of benzene rings is 1. The first-order valence-electron chi connectivity index (χ1n) is 6.93. The van der Waals surface area contributed by atoms with Gasteiger partial charge in [0, 0.05) is 18.3 Å². The van der Waals surface area contributed by atoms with Gasteiger partial charge >= 0.3 is 6.03 Å². The summed E-state index contributed by atoms with van der Waals surface area (Å²) in [5.74, 6) is 0.414. The monoisotopic (exact) mass is 262 g/mol. The molecule has 0 radical (unpaired) electrons. The Balaban J connectivity index is 1.81. The SMILES string of the molecule is Cc1ccccc1NC(=O)NC1CCC(CO)CC1. The van der Waals surface area contributed by atoms with Crippen LogP contribution in [0, 0.1) is 12.8 Å². The molecule has 1 fully saturated rings. The van der Waals surface area contributed by atoms with Crippen molar-refractivity contribution in [3.8, 4) is 0 Å². The van der Waals surface area contributed by atoms with Gasteiger partial charge in [-0.3, -0.25) is 0 Å². The van der Waals surface area contributed by atoms with Crippen molar-refractivity contribution in [3.63, 3.8) is 0 Å². The number of hydrogen-bond acceptors (Lipinski definition) is 2. The lowest BCUT2D eigenvalue weighted by molar-refractivity contribution is 0.176. The van der Waals surface area contributed by atoms with E-state index in [0.717, 1.165) is 36.9 Å². The van der Waals surface area contributed by atoms with Crippen molar-refractivity contribution in [2.75, 3.05) is 11.9 Å². The van der Waals surface area contributed by atoms with Gasteiger partial charge in [-0.1, -0.05) is 18.2 Å². The minimum atomic E-state index is -0.137. The first-order valence-corrected chi connectivity index (χ1v) is 6.93. The van der Waals surface area contributed by atoms with Gasteiger partial charge in [-0.15, -0.1) is 0 Å². The standard InChI is InChI=1S/C15H22N2O2/c1-11-4-2-3-5-14(11)17-15(19)16-13-8-6-12(10-18)7-9-13/h2-5,12-13,18H,6-10H2,1H3,(H2,16,17,19). The number of para-hydroxylation sites is 1. The fraction of sp³-hybridized carbons (Fsp3) is 0.533. The third-order valence-corrected chi connectivity index (χ3v) is 3.83. The summed E-state index contributed by atoms with van der Waals surface area (Å²) in [6, 6.07) is 7.83. The molecule has 2 amide bonds. The van der Waals surface area contributed by atoms with E-state index in [-0.39, 0.29) is 18.7 Å². The minimum absolute atomic E-state index is 0.137. The van der Waals surface area contributed by atoms with Crippen LogP contribution in [0.1, 0.15) is 31.2 Å². The zero-order chi connectivity index (χ0) is 13.7. The van der Waals surface area contributed by atoms with Gasteiger partial charge in [-0.05, 0) is 50.2 Å². The summed E-state index contributed by atoms with van der Waals surface area (Å²) >= 11 is 0. The molecule has 1 aromatic carbocycles. The molecule has 0 bridgehead atoms. The second-order valence-corrected chi connectivity index (χ2v) is 5.31. The second-order valence-electron chi connectivity index (χ2n) is 5.31. The van der Waals surface area contributed by atoms with Crippen LogP contribution in [0.2, 0.25) is 0 Å². The zero-order valence-corrected chi connectivity index (χ0v) is 11.4. The van der Waals surface area contributed by atoms with Crippen LogP contribution in [0.4, 0.5) is 10.5 Å². The molecular formula is C15H22N2O2. The molecule has 1 aromatic rings. The lowest BCUT2D eigenvalue weighted by Gasteiger charge is -2.28. The molecular weight excluding hydrogens is 240 g/mol. The van der Waals surface area contributed by atoms with E-state index in [1.54, 1.807) is 0 Å². The van der Waals surface area contributed by atoms with E-state index in [1.807, 2.05) is 31.2 Å². The highest BCUT2D eigenvalue weighted by Crippen LogP contribution is 2.23. The maximum absolute atomic E-state index is 11.9. The smallest absolute Gasteiger partial charge is 0.319 e. The number of aliphatic hydroxyl groups excluding tert-OH is 1. The molecule has 0 saturated heterocycles. The van der Waals surface area contributed by atoms with Crippen molar-refractivity contribution in [2.45, 2.75) is 38.6 Å². The van der Waals surface area contributed by atoms with Crippen molar-refractivity contribution in [2.24, 2.45) is 5.92 Å². The molecule has 4 nitrogen and oxygen atoms in total. The second kappa shape index (κ2) is 6.57. The number of carbonyl (C=O) groups excluding carboxylic acids is 1. The molecule has 0 aliphatic heterocycles. The fourth-order valence-corrected chi connectivity index (χ4v) is 2.55. The van der Waals surface area contributed by atoms with Crippen LogP contribution < -0.4 is 10.6 Å². The molecule has 1 aliphatic carbocycles. The van der Waals surface area contributed by atoms with E-state index >= 15 is 0 Å². The van der Waals surface area contributed by atoms with Crippen molar-refractivity contribution < 1.29 is 9.90 Å². The molecule has 0 heterocycles. The Labute approximate surface area is 114 Å². The molecule has 0 aromatic heterocycles. The maximum atomic E-state index is 11.9. The minimum Gasteiger partial charge on any atom is -0.396 e. The lowest BCUT2D eigenvalue weighted by atomic mass is 9.87. The summed E-state index contributed by atoms with van der Waals surface area (Å²) in [7, 11) is 0. The number of hydrogen-bond donors (Lipinski definition) is 3. The van der Waals surface area contributed by atoms with Gasteiger partial charge in [0.25, 0.3) is 0 Å². The predicted molar refractivity (Wildman–Crippen MR) is 76.2 cm³/mol. The Morgan fingerprint density at radius 1 is 1.26 bits per heavy atom. The van der Waals surface area contributed by atoms with E-state index in [0.29, 0.717) is 5.92 Å². The van der Waals surface area contributed by atoms with Crippen molar-refractivity contribution in [1.82, 2.24) is 5.32 Å². The molecule has 0 unspecified atom stereocenters. The molecule has 0 spiro atoms. The van der Waals surface area contributed by atoms with Crippen LogP contribution in [-0.4, -0.2) is 23.8 Å². The summed E-state index contributed by atoms with van der Waals surface area (Å²) < 4.78 is 0. The van der Waals surface area contributed by atoms with Crippen LogP contribution in [0.5, 0.6) is 0 Å². The average molecular weight is 262 g/mol. The van der Waals surface area contributed by atoms with Gasteiger partial charge < -0.3 is 15.7 Å². The van der Waals surface area contributed by atoms with Crippen molar-refractivity contribution >= 4 is 11.7 Å². The molecule has 4 heteroatoms. The van der Waals surface area contributed by atoms with Gasteiger partial charge in [0.15, 0.2) is 0 Å². The number of rotatable bonds is 3. The Bertz CT molecular complexity index is 426. The number of aryl methyl sites for hydroxylation is 1. The number of nitrogens with one attached hydrogen (secondary N) is 2. The zero-order valence-electron chi connectivity index (χ0n) is 11.4. The average Bonchev–Trinajstić information content (AvgIpc) is 2.42. The lowest BCUT2D eigenvalue weighted by Crippen LogP contribution is -2.40. The first-order chi connectivity index (χ1) is 9.19. The van der Waals surface area contributed by atoms with Crippen LogP contribution in [0.15, 0.2) is 24.3 Å². The Hall–Kier alpha value is -1.55. The van der Waals surface area contributed by atoms with E-state index in [1.165, 1.54) is 0 Å². The Morgan fingerprint density at radius 2 is 1.95 bits per heavy atom. The molecule has 104 valence electrons. The molecule has 1 saturated carbocycles. The molecule has 2 rings (SSSR count). The van der Waals surface area contributed by atoms with Gasteiger partial charge in [0.2, 0.25) is 0 Å². The van der Waals surface area contributed by atoms with Gasteiger partial charge in [0.1, 0.15) is 0 Å². The predicted octanol–water partition coefficient (Wildman–Crippen LogP) is 2.67. The summed E-state index contributed by atoms with van der Waals surface area (Å²) in [6.45, 7) is 2.24. The molecule has 19 heavy (non-hydrogen) atoms. The van der Waals surface area contributed by atoms with Crippen LogP contribution in [0.3, 0.4) is 0 Å². The van der Waals surface area contributed by atoms with E-state index < -0.39 is 0 Å². The van der Waals surface area contributed by atoms with E-state index in [4.69, 9.17) is 5.11 Å². The Morgan fingerprint density at radius 3 is 2.58 bits per heavy atom. The van der Waals surface area contributed by atoms with Crippen LogP contribution in [0.25, 0.3) is 0 Å². The highest BCUT2D eigenvalue weighted by molar-refractivity contribution is 5.90. The summed E-state index contributed by atoms with van der Waals surface area (Å²) in [5.41, 5.74) is 1.91. The first kappa shape index (κ1) is 13.9. The van der Waals surface area contributed by atoms with Crippen molar-refractivity contribution in [3.05, 3.63) is 29.8 Å². The molecule has 1 aliphatic rings. The van der Waals surface area contributed by atoms with E-state index in [9.17, 15) is 4.79 Å². The van der Waals surface area contributed by atoms with Crippen molar-refractivity contribution in [1.29, 1.82) is 0 Å². The number of urea groups is 1. The fourth-order valence-electron chi connectivity index (χ4n) is 2.55. The number of carbonyl (C=O) groups is 1. The summed E-state index contributed by atoms with van der Waals surface area (Å²) in [5, 5.41) is 15.0. The van der Waals surface area contributed by atoms with E-state index in [2.05, 4.69) is 10.6 Å². The van der Waals surface area contributed by atoms with Crippen LogP contribution in [-0.2, 0) is 0 Å². The van der Waals surface area contributed by atoms with Crippen LogP contribution >= 0.6 is 0 Å². The quantitative estimate of drug-likeness (QED) is 0.784. The van der Waals surface area contributed by atoms with Gasteiger partial charge in [-0.25, -0.2) is 4.79 Å². The third kappa shape index (κ3) is 3.96. The molecule has 0 atom stereocenters. The molecule has 3 N–H and O–H groups in total. The van der Waals surface area contributed by atoms with Gasteiger partial charge in [0.05, 0.1) is 0 Å². The van der Waals surface area contributed by atoms with Gasteiger partial charge in [-0.2, -0.15) is 0 Å².